The van der Waals surface area contributed by atoms with Crippen molar-refractivity contribution in [3.63, 3.8) is 0 Å². The third-order valence-electron chi connectivity index (χ3n) is 4.07. The zero-order chi connectivity index (χ0) is 22.3. The van der Waals surface area contributed by atoms with E-state index in [-0.39, 0.29) is 22.2 Å². The molecule has 0 aliphatic rings. The molecule has 1 amide bonds. The number of ether oxygens (including phenoxy) is 1. The number of carbonyl (C=O) groups is 1. The maximum absolute atomic E-state index is 12.7. The lowest BCUT2D eigenvalue weighted by Gasteiger charge is -2.20. The molecule has 0 spiro atoms. The van der Waals surface area contributed by atoms with E-state index in [9.17, 15) is 22.0 Å². The van der Waals surface area contributed by atoms with Gasteiger partial charge in [0.05, 0.1) is 11.6 Å². The van der Waals surface area contributed by atoms with Crippen molar-refractivity contribution in [1.29, 1.82) is 0 Å². The van der Waals surface area contributed by atoms with E-state index >= 15 is 0 Å². The molecule has 7 nitrogen and oxygen atoms in total. The first-order valence-electron chi connectivity index (χ1n) is 9.05. The molecule has 0 atom stereocenters. The van der Waals surface area contributed by atoms with Gasteiger partial charge in [-0.25, -0.2) is 8.42 Å². The number of halogens is 3. The lowest BCUT2D eigenvalue weighted by molar-refractivity contribution is -0.114. The van der Waals surface area contributed by atoms with Crippen LogP contribution in [0, 0.1) is 0 Å². The summed E-state index contributed by atoms with van der Waals surface area (Å²) < 4.78 is 55.3. The highest BCUT2D eigenvalue weighted by atomic mass is 35.5. The van der Waals surface area contributed by atoms with Crippen molar-refractivity contribution in [1.82, 2.24) is 4.31 Å². The molecule has 0 radical (unpaired) electrons. The Morgan fingerprint density at radius 3 is 2.27 bits per heavy atom. The van der Waals surface area contributed by atoms with E-state index in [2.05, 4.69) is 15.4 Å². The molecule has 0 saturated carbocycles. The number of alkyl halides is 2. The topological polar surface area (TPSA) is 87.7 Å². The molecule has 0 saturated heterocycles. The van der Waals surface area contributed by atoms with Crippen LogP contribution in [0.5, 0.6) is 5.75 Å². The zero-order valence-corrected chi connectivity index (χ0v) is 17.9. The molecule has 164 valence electrons. The van der Waals surface area contributed by atoms with E-state index in [1.165, 1.54) is 40.7 Å². The maximum atomic E-state index is 12.7. The minimum atomic E-state index is -3.76. The number of anilines is 2. The summed E-state index contributed by atoms with van der Waals surface area (Å²) in [7, 11) is -3.76. The standard InChI is InChI=1S/C19H22ClF2N3O4S/c1-3-25(4-2)30(27,28)17-11-14(7-10-16(17)20)23-12-18(26)24-13-5-8-15(9-6-13)29-19(21)22/h5-11,19,23H,3-4,12H2,1-2H3,(H,24,26). The first kappa shape index (κ1) is 23.8. The van der Waals surface area contributed by atoms with E-state index in [1.54, 1.807) is 19.9 Å². The van der Waals surface area contributed by atoms with Gasteiger partial charge in [-0.15, -0.1) is 0 Å². The molecule has 2 N–H and O–H groups in total. The number of nitrogens with one attached hydrogen (secondary N) is 2. The largest absolute Gasteiger partial charge is 0.435 e. The molecule has 0 heterocycles. The Bertz CT molecular complexity index is 968. The van der Waals surface area contributed by atoms with Gasteiger partial charge in [0.2, 0.25) is 15.9 Å². The van der Waals surface area contributed by atoms with Crippen molar-refractivity contribution >= 4 is 38.9 Å². The maximum Gasteiger partial charge on any atom is 0.387 e. The van der Waals surface area contributed by atoms with Gasteiger partial charge in [0, 0.05) is 24.5 Å². The molecule has 0 aliphatic heterocycles. The second-order valence-electron chi connectivity index (χ2n) is 6.04. The zero-order valence-electron chi connectivity index (χ0n) is 16.4. The average molecular weight is 462 g/mol. The number of sulfonamides is 1. The van der Waals surface area contributed by atoms with Crippen molar-refractivity contribution in [2.45, 2.75) is 25.4 Å². The molecular formula is C19H22ClF2N3O4S. The Labute approximate surface area is 179 Å². The van der Waals surface area contributed by atoms with Crippen LogP contribution in [0.2, 0.25) is 5.02 Å². The van der Waals surface area contributed by atoms with Crippen LogP contribution >= 0.6 is 11.6 Å². The van der Waals surface area contributed by atoms with Gasteiger partial charge in [-0.1, -0.05) is 25.4 Å². The van der Waals surface area contributed by atoms with Gasteiger partial charge < -0.3 is 15.4 Å². The number of hydrogen-bond donors (Lipinski definition) is 2. The van der Waals surface area contributed by atoms with Gasteiger partial charge in [-0.05, 0) is 42.5 Å². The minimum Gasteiger partial charge on any atom is -0.435 e. The minimum absolute atomic E-state index is 0.0239. The van der Waals surface area contributed by atoms with Crippen molar-refractivity contribution in [2.75, 3.05) is 30.3 Å². The molecule has 0 unspecified atom stereocenters. The fourth-order valence-electron chi connectivity index (χ4n) is 2.62. The van der Waals surface area contributed by atoms with Crippen LogP contribution in [0.1, 0.15) is 13.8 Å². The summed E-state index contributed by atoms with van der Waals surface area (Å²) in [4.78, 5) is 12.1. The van der Waals surface area contributed by atoms with Gasteiger partial charge >= 0.3 is 6.61 Å². The summed E-state index contributed by atoms with van der Waals surface area (Å²) in [5.41, 5.74) is 0.797. The van der Waals surface area contributed by atoms with Gasteiger partial charge in [0.25, 0.3) is 0 Å². The summed E-state index contributed by atoms with van der Waals surface area (Å²) in [6.45, 7) is 0.986. The van der Waals surface area contributed by atoms with Crippen LogP contribution in [-0.4, -0.2) is 44.9 Å². The van der Waals surface area contributed by atoms with Crippen LogP contribution in [-0.2, 0) is 14.8 Å². The van der Waals surface area contributed by atoms with E-state index in [4.69, 9.17) is 11.6 Å². The van der Waals surface area contributed by atoms with Gasteiger partial charge in [0.1, 0.15) is 10.6 Å². The summed E-state index contributed by atoms with van der Waals surface area (Å²) in [5, 5.41) is 5.51. The van der Waals surface area contributed by atoms with Crippen LogP contribution in [0.15, 0.2) is 47.4 Å². The Hall–Kier alpha value is -2.43. The van der Waals surface area contributed by atoms with Crippen LogP contribution in [0.25, 0.3) is 0 Å². The summed E-state index contributed by atoms with van der Waals surface area (Å²) in [5.74, 6) is -0.440. The number of benzene rings is 2. The fourth-order valence-corrected chi connectivity index (χ4v) is 4.58. The van der Waals surface area contributed by atoms with Crippen molar-refractivity contribution in [3.8, 4) is 5.75 Å². The first-order valence-corrected chi connectivity index (χ1v) is 10.9. The lowest BCUT2D eigenvalue weighted by atomic mass is 10.3. The average Bonchev–Trinajstić information content (AvgIpc) is 2.69. The quantitative estimate of drug-likeness (QED) is 0.558. The molecule has 11 heteroatoms. The summed E-state index contributed by atoms with van der Waals surface area (Å²) >= 11 is 6.08. The molecular weight excluding hydrogens is 440 g/mol. The molecule has 0 bridgehead atoms. The first-order chi connectivity index (χ1) is 14.2. The van der Waals surface area contributed by atoms with Crippen molar-refractivity contribution < 1.29 is 26.7 Å². The van der Waals surface area contributed by atoms with Gasteiger partial charge in [-0.2, -0.15) is 13.1 Å². The molecule has 30 heavy (non-hydrogen) atoms. The molecule has 0 fully saturated rings. The van der Waals surface area contributed by atoms with Gasteiger partial charge in [-0.3, -0.25) is 4.79 Å². The normalized spacial score (nSPS) is 11.6. The number of hydrogen-bond acceptors (Lipinski definition) is 5. The Balaban J connectivity index is 2.03. The third-order valence-corrected chi connectivity index (χ3v) is 6.60. The van der Waals surface area contributed by atoms with E-state index in [0.29, 0.717) is 24.5 Å². The Kier molecular flexibility index (Phi) is 8.39. The molecule has 2 aromatic rings. The molecule has 0 aromatic heterocycles. The molecule has 2 aromatic carbocycles. The molecule has 0 aliphatic carbocycles. The Morgan fingerprint density at radius 2 is 1.70 bits per heavy atom. The monoisotopic (exact) mass is 461 g/mol. The van der Waals surface area contributed by atoms with E-state index in [0.717, 1.165) is 0 Å². The van der Waals surface area contributed by atoms with Crippen molar-refractivity contribution in [3.05, 3.63) is 47.5 Å². The summed E-state index contributed by atoms with van der Waals surface area (Å²) in [6.07, 6.45) is 0. The Morgan fingerprint density at radius 1 is 1.10 bits per heavy atom. The highest BCUT2D eigenvalue weighted by Crippen LogP contribution is 2.27. The SMILES string of the molecule is CCN(CC)S(=O)(=O)c1cc(NCC(=O)Nc2ccc(OC(F)F)cc2)ccc1Cl. The highest BCUT2D eigenvalue weighted by molar-refractivity contribution is 7.89. The van der Waals surface area contributed by atoms with Crippen LogP contribution in [0.4, 0.5) is 20.2 Å². The van der Waals surface area contributed by atoms with Gasteiger partial charge in [0.15, 0.2) is 0 Å². The second-order valence-corrected chi connectivity index (χ2v) is 8.35. The number of nitrogens with zero attached hydrogens (tertiary/aromatic N) is 1. The molecule has 2 rings (SSSR count). The number of carbonyl (C=O) groups excluding carboxylic acids is 1. The predicted octanol–water partition coefficient (Wildman–Crippen LogP) is 4.02. The van der Waals surface area contributed by atoms with Crippen LogP contribution in [0.3, 0.4) is 0 Å². The van der Waals surface area contributed by atoms with E-state index < -0.39 is 22.5 Å². The van der Waals surface area contributed by atoms with E-state index in [1.807, 2.05) is 0 Å². The fraction of sp³-hybridized carbons (Fsp3) is 0.316. The number of amides is 1. The third kappa shape index (κ3) is 6.28. The number of rotatable bonds is 10. The van der Waals surface area contributed by atoms with Crippen LogP contribution < -0.4 is 15.4 Å². The highest BCUT2D eigenvalue weighted by Gasteiger charge is 2.24. The second kappa shape index (κ2) is 10.6. The predicted molar refractivity (Wildman–Crippen MR) is 112 cm³/mol. The lowest BCUT2D eigenvalue weighted by Crippen LogP contribution is -2.31. The van der Waals surface area contributed by atoms with Crippen molar-refractivity contribution in [2.24, 2.45) is 0 Å². The smallest absolute Gasteiger partial charge is 0.387 e. The summed E-state index contributed by atoms with van der Waals surface area (Å²) in [6, 6.07) is 9.84.